The number of anilines is 1. The molecule has 0 saturated carbocycles. The maximum absolute atomic E-state index is 11.6. The smallest absolute Gasteiger partial charge is 0.410 e. The standard InChI is InChI=1S/C14H9ClN2O2/c15-11-3-5-12(6-4-11)17-14(18)19-13-7-1-10(9-16)2-8-13/h1-8H,(H,17,18). The molecule has 0 radical (unpaired) electrons. The summed E-state index contributed by atoms with van der Waals surface area (Å²) in [5.41, 5.74) is 1.09. The number of carbonyl (C=O) groups excluding carboxylic acids is 1. The second kappa shape index (κ2) is 5.89. The van der Waals surface area contributed by atoms with Gasteiger partial charge in [0.05, 0.1) is 11.6 Å². The molecule has 0 spiro atoms. The van der Waals surface area contributed by atoms with Gasteiger partial charge in [-0.1, -0.05) is 11.6 Å². The second-order valence-corrected chi connectivity index (χ2v) is 4.09. The first-order valence-corrected chi connectivity index (χ1v) is 5.80. The molecule has 0 unspecified atom stereocenters. The van der Waals surface area contributed by atoms with Crippen molar-refractivity contribution < 1.29 is 9.53 Å². The third kappa shape index (κ3) is 3.73. The molecule has 4 nitrogen and oxygen atoms in total. The Kier molecular flexibility index (Phi) is 4.01. The highest BCUT2D eigenvalue weighted by molar-refractivity contribution is 6.30. The predicted octanol–water partition coefficient (Wildman–Crippen LogP) is 3.82. The number of rotatable bonds is 2. The molecule has 94 valence electrons. The SMILES string of the molecule is N#Cc1ccc(OC(=O)Nc2ccc(Cl)cc2)cc1. The topological polar surface area (TPSA) is 62.1 Å². The first-order valence-electron chi connectivity index (χ1n) is 5.42. The number of hydrogen-bond donors (Lipinski definition) is 1. The molecule has 0 heterocycles. The van der Waals surface area contributed by atoms with Gasteiger partial charge in [0.2, 0.25) is 0 Å². The minimum absolute atomic E-state index is 0.366. The lowest BCUT2D eigenvalue weighted by molar-refractivity contribution is 0.215. The van der Waals surface area contributed by atoms with Crippen molar-refractivity contribution in [1.29, 1.82) is 5.26 Å². The highest BCUT2D eigenvalue weighted by atomic mass is 35.5. The van der Waals surface area contributed by atoms with E-state index in [1.165, 1.54) is 0 Å². The summed E-state index contributed by atoms with van der Waals surface area (Å²) in [7, 11) is 0. The Labute approximate surface area is 115 Å². The van der Waals surface area contributed by atoms with E-state index in [1.54, 1.807) is 48.5 Å². The van der Waals surface area contributed by atoms with Gasteiger partial charge in [-0.15, -0.1) is 0 Å². The minimum atomic E-state index is -0.605. The van der Waals surface area contributed by atoms with Crippen molar-refractivity contribution in [2.75, 3.05) is 5.32 Å². The maximum atomic E-state index is 11.6. The number of halogens is 1. The van der Waals surface area contributed by atoms with Gasteiger partial charge in [0.1, 0.15) is 5.75 Å². The Balaban J connectivity index is 1.97. The molecule has 0 saturated heterocycles. The van der Waals surface area contributed by atoms with Gasteiger partial charge in [0, 0.05) is 10.7 Å². The molecule has 2 aromatic rings. The number of benzene rings is 2. The summed E-state index contributed by atoms with van der Waals surface area (Å²) in [6.45, 7) is 0. The van der Waals surface area contributed by atoms with Gasteiger partial charge in [-0.2, -0.15) is 5.26 Å². The van der Waals surface area contributed by atoms with E-state index in [9.17, 15) is 4.79 Å². The van der Waals surface area contributed by atoms with Crippen LogP contribution in [0.4, 0.5) is 10.5 Å². The van der Waals surface area contributed by atoms with E-state index in [1.807, 2.05) is 6.07 Å². The van der Waals surface area contributed by atoms with Crippen LogP contribution in [0.1, 0.15) is 5.56 Å². The lowest BCUT2D eigenvalue weighted by Crippen LogP contribution is -2.16. The summed E-state index contributed by atoms with van der Waals surface area (Å²) in [5, 5.41) is 11.8. The molecular formula is C14H9ClN2O2. The fourth-order valence-electron chi connectivity index (χ4n) is 1.38. The number of hydrogen-bond acceptors (Lipinski definition) is 3. The van der Waals surface area contributed by atoms with Crippen LogP contribution in [-0.2, 0) is 0 Å². The first-order chi connectivity index (χ1) is 9.17. The summed E-state index contributed by atoms with van der Waals surface area (Å²) < 4.78 is 5.06. The van der Waals surface area contributed by atoms with E-state index in [0.717, 1.165) is 0 Å². The van der Waals surface area contributed by atoms with Crippen LogP contribution in [0.15, 0.2) is 48.5 Å². The van der Waals surface area contributed by atoms with Crippen molar-refractivity contribution in [1.82, 2.24) is 0 Å². The van der Waals surface area contributed by atoms with Gasteiger partial charge in [-0.3, -0.25) is 5.32 Å². The van der Waals surface area contributed by atoms with Crippen LogP contribution in [0.5, 0.6) is 5.75 Å². The van der Waals surface area contributed by atoms with Crippen molar-refractivity contribution in [2.24, 2.45) is 0 Å². The van der Waals surface area contributed by atoms with E-state index in [0.29, 0.717) is 22.0 Å². The molecule has 2 aromatic carbocycles. The van der Waals surface area contributed by atoms with Gasteiger partial charge < -0.3 is 4.74 Å². The Bertz CT molecular complexity index is 615. The fourth-order valence-corrected chi connectivity index (χ4v) is 1.51. The molecule has 0 atom stereocenters. The summed E-state index contributed by atoms with van der Waals surface area (Å²) in [6.07, 6.45) is -0.605. The van der Waals surface area contributed by atoms with E-state index in [4.69, 9.17) is 21.6 Å². The van der Waals surface area contributed by atoms with Crippen molar-refractivity contribution in [3.8, 4) is 11.8 Å². The van der Waals surface area contributed by atoms with Crippen LogP contribution in [0.25, 0.3) is 0 Å². The molecular weight excluding hydrogens is 264 g/mol. The third-order valence-electron chi connectivity index (χ3n) is 2.28. The molecule has 0 bridgehead atoms. The fraction of sp³-hybridized carbons (Fsp3) is 0. The van der Waals surface area contributed by atoms with Crippen LogP contribution in [0.2, 0.25) is 5.02 Å². The van der Waals surface area contributed by atoms with Crippen molar-refractivity contribution >= 4 is 23.4 Å². The highest BCUT2D eigenvalue weighted by Gasteiger charge is 2.05. The Morgan fingerprint density at radius 3 is 2.32 bits per heavy atom. The average Bonchev–Trinajstić information content (AvgIpc) is 2.42. The molecule has 19 heavy (non-hydrogen) atoms. The monoisotopic (exact) mass is 272 g/mol. The van der Waals surface area contributed by atoms with Gasteiger partial charge in [-0.05, 0) is 48.5 Å². The maximum Gasteiger partial charge on any atom is 0.417 e. The lowest BCUT2D eigenvalue weighted by Gasteiger charge is -2.06. The number of nitrogens with zero attached hydrogens (tertiary/aromatic N) is 1. The van der Waals surface area contributed by atoms with Crippen molar-refractivity contribution in [3.05, 3.63) is 59.1 Å². The molecule has 2 rings (SSSR count). The predicted molar refractivity (Wildman–Crippen MR) is 72.3 cm³/mol. The molecule has 5 heteroatoms. The minimum Gasteiger partial charge on any atom is -0.410 e. The molecule has 0 aromatic heterocycles. The Morgan fingerprint density at radius 1 is 1.11 bits per heavy atom. The zero-order valence-electron chi connectivity index (χ0n) is 9.76. The zero-order valence-corrected chi connectivity index (χ0v) is 10.5. The van der Waals surface area contributed by atoms with Gasteiger partial charge in [-0.25, -0.2) is 4.79 Å². The highest BCUT2D eigenvalue weighted by Crippen LogP contribution is 2.15. The number of nitrogens with one attached hydrogen (secondary N) is 1. The van der Waals surface area contributed by atoms with Gasteiger partial charge in [0.15, 0.2) is 0 Å². The number of nitriles is 1. The number of ether oxygens (including phenoxy) is 1. The molecule has 1 N–H and O–H groups in total. The van der Waals surface area contributed by atoms with Crippen molar-refractivity contribution in [2.45, 2.75) is 0 Å². The van der Waals surface area contributed by atoms with Crippen LogP contribution in [0, 0.1) is 11.3 Å². The lowest BCUT2D eigenvalue weighted by atomic mass is 10.2. The summed E-state index contributed by atoms with van der Waals surface area (Å²) >= 11 is 5.74. The van der Waals surface area contributed by atoms with Crippen molar-refractivity contribution in [3.63, 3.8) is 0 Å². The van der Waals surface area contributed by atoms with E-state index in [2.05, 4.69) is 5.32 Å². The molecule has 0 aliphatic heterocycles. The summed E-state index contributed by atoms with van der Waals surface area (Å²) in [4.78, 5) is 11.6. The van der Waals surface area contributed by atoms with E-state index in [-0.39, 0.29) is 0 Å². The summed E-state index contributed by atoms with van der Waals surface area (Å²) in [5.74, 6) is 0.366. The quantitative estimate of drug-likeness (QED) is 0.904. The number of carbonyl (C=O) groups is 1. The van der Waals surface area contributed by atoms with Crippen LogP contribution >= 0.6 is 11.6 Å². The largest absolute Gasteiger partial charge is 0.417 e. The van der Waals surface area contributed by atoms with Gasteiger partial charge >= 0.3 is 6.09 Å². The molecule has 0 fully saturated rings. The normalized spacial score (nSPS) is 9.47. The molecule has 0 aliphatic rings. The first kappa shape index (κ1) is 12.9. The second-order valence-electron chi connectivity index (χ2n) is 3.66. The van der Waals surface area contributed by atoms with Crippen LogP contribution in [-0.4, -0.2) is 6.09 Å². The Hall–Kier alpha value is -2.51. The van der Waals surface area contributed by atoms with E-state index >= 15 is 0 Å². The van der Waals surface area contributed by atoms with Gasteiger partial charge in [0.25, 0.3) is 0 Å². The Morgan fingerprint density at radius 2 is 1.74 bits per heavy atom. The third-order valence-corrected chi connectivity index (χ3v) is 2.54. The van der Waals surface area contributed by atoms with E-state index < -0.39 is 6.09 Å². The zero-order chi connectivity index (χ0) is 13.7. The average molecular weight is 273 g/mol. The van der Waals surface area contributed by atoms with Crippen LogP contribution in [0.3, 0.4) is 0 Å². The van der Waals surface area contributed by atoms with Crippen LogP contribution < -0.4 is 10.1 Å². The molecule has 1 amide bonds. The summed E-state index contributed by atoms with van der Waals surface area (Å²) in [6, 6.07) is 14.9. The number of amides is 1. The molecule has 0 aliphatic carbocycles.